The lowest BCUT2D eigenvalue weighted by Crippen LogP contribution is -2.38. The van der Waals surface area contributed by atoms with Crippen LogP contribution in [0.4, 0.5) is 0 Å². The predicted octanol–water partition coefficient (Wildman–Crippen LogP) is 6.91. The van der Waals surface area contributed by atoms with Crippen LogP contribution in [0.2, 0.25) is 0 Å². The van der Waals surface area contributed by atoms with Crippen LogP contribution in [0.25, 0.3) is 0 Å². The Morgan fingerprint density at radius 3 is 1.17 bits per heavy atom. The summed E-state index contributed by atoms with van der Waals surface area (Å²) in [5.74, 6) is -6.94. The third-order valence-electron chi connectivity index (χ3n) is 18.1. The fourth-order valence-corrected chi connectivity index (χ4v) is 16.6. The number of esters is 5. The van der Waals surface area contributed by atoms with Gasteiger partial charge in [-0.15, -0.1) is 0 Å². The number of carboxylic acid groups (broad SMARTS) is 1. The summed E-state index contributed by atoms with van der Waals surface area (Å²) in [7, 11) is -8.36. The first-order chi connectivity index (χ1) is 53.6. The van der Waals surface area contributed by atoms with Crippen molar-refractivity contribution < 1.29 is 195 Å². The molecule has 0 bridgehead atoms. The Bertz CT molecular complexity index is 3300. The molecule has 0 aromatic carbocycles. The second-order valence-corrected chi connectivity index (χ2v) is 38.9. The maximum atomic E-state index is 11.9. The van der Waals surface area contributed by atoms with Gasteiger partial charge in [0.25, 0.3) is 0 Å². The molecule has 0 aromatic rings. The SMILES string of the molecule is CC(=O)O[C@H]1O[C@H]2OC(C)(C)OC2[C@H]1C.CC1(C)OC2[C@@H](O[C@H](C(=O)O)[C@@H]2O)O1.CCOP(C)(=O)CO[C@@H]1CC(OC(C)=O)[C@H](OC(C)=O)O1.CCOP(C)(=O)CO[C@@H]1CC2OC(C)(C)O[C@@H]2O1.CCOP(C)(=O)CO[C@H]1O[C@H]2OC(C)(C)OC2[C@H]1O.CC[C@H]1O[C@@H](OC(C)=O)C(OC(C)=O)[C@H]1C.CC[C@H]1O[C@H]2OC(C)(C)OC2[C@H]1O. The zero-order valence-electron chi connectivity index (χ0n) is 70.8. The van der Waals surface area contributed by atoms with Crippen LogP contribution in [-0.4, -0.2) is 293 Å². The fraction of sp³-hybridized carbons (Fsp3) is 0.917. The standard InChI is InChI=1S/C12H21O8P.C11H21O7P.C11H21O6P.C11H18O5.C10H16O5.C9H16O4.C8H12O6/c1-5-17-21(4,15)7-16-11-6-10(18-8(2)13)12(20-11)19-9(3)14;1-5-15-19(4,13)6-14-9-7(12)8-10(16-9)18-11(2,3)17-8;1-5-14-18(4,12)7-13-9-6-8-10(15-9)17-11(2,3)16-8;1-5-9-6(2)10(14-7(3)12)11(16-9)15-8(4)13;1-5-7-9(15-10(3,4)14-7)13-8(5)12-6(2)11;1-4-5-6(10)7-8(11-5)13-9(2,3)12-7;1-8(2)13-5-3(9)4(6(10)11)12-7(5)14-8/h10-12H,5-7H2,1-4H3;7-10,12H,5-6H2,1-4H3;8-10H,5-7H2,1-4H3;6,9-11H,5H2,1-4H3;5,7-9H,1-4H3;5-8,10H,4H2,1-3H3;3-5,7,9H,1-2H3,(H,10,11)/t10?,11-,12+,21?;7-,8?,9+,10+,19?;8?,9-,10-,18?;6-,9+,10?,11+;5-,7?,8+,9+;5-,6+,7?,8+;3-,4-,5?,7-/m0100110/s1. The van der Waals surface area contributed by atoms with E-state index in [9.17, 15) is 57.8 Å². The van der Waals surface area contributed by atoms with Gasteiger partial charge in [-0.25, -0.2) is 4.79 Å². The Morgan fingerprint density at radius 1 is 0.379 bits per heavy atom. The Morgan fingerprint density at radius 2 is 0.759 bits per heavy atom. The van der Waals surface area contributed by atoms with Crippen LogP contribution in [0, 0.1) is 11.8 Å². The first kappa shape index (κ1) is 101. The second-order valence-electron chi connectivity index (χ2n) is 31.2. The third-order valence-corrected chi connectivity index (χ3v) is 22.4. The minimum Gasteiger partial charge on any atom is -0.479 e. The van der Waals surface area contributed by atoms with Crippen LogP contribution in [-0.2, 0) is 174 Å². The van der Waals surface area contributed by atoms with Gasteiger partial charge in [-0.3, -0.25) is 37.7 Å². The number of hydrogen-bond acceptors (Lipinski definition) is 40. The molecule has 0 saturated carbocycles. The first-order valence-electron chi connectivity index (χ1n) is 38.5. The van der Waals surface area contributed by atoms with Crippen molar-refractivity contribution in [3.05, 3.63) is 0 Å². The average molecular weight is 1740 g/mol. The lowest BCUT2D eigenvalue weighted by Gasteiger charge is -2.23. The lowest BCUT2D eigenvalue weighted by molar-refractivity contribution is -0.257. The number of aliphatic hydroxyl groups excluding tert-OH is 3. The van der Waals surface area contributed by atoms with E-state index in [1.54, 1.807) is 55.1 Å². The predicted molar refractivity (Wildman–Crippen MR) is 394 cm³/mol. The highest BCUT2D eigenvalue weighted by Gasteiger charge is 2.59. The topological polar surface area (TPSA) is 493 Å². The first-order valence-corrected chi connectivity index (χ1v) is 45.3. The summed E-state index contributed by atoms with van der Waals surface area (Å²) in [6.07, 6.45) is -12.4. The highest BCUT2D eigenvalue weighted by molar-refractivity contribution is 7.58. The second kappa shape index (κ2) is 42.7. The summed E-state index contributed by atoms with van der Waals surface area (Å²) in [5.41, 5.74) is 0. The number of hydrogen-bond donors (Lipinski definition) is 4. The molecule has 12 rings (SSSR count). The highest BCUT2D eigenvalue weighted by Crippen LogP contribution is 2.49. The van der Waals surface area contributed by atoms with Crippen LogP contribution < -0.4 is 0 Å². The maximum Gasteiger partial charge on any atom is 0.335 e. The lowest BCUT2D eigenvalue weighted by atomic mass is 9.99. The van der Waals surface area contributed by atoms with Crippen molar-refractivity contribution in [3.63, 3.8) is 0 Å². The summed E-state index contributed by atoms with van der Waals surface area (Å²) < 4.78 is 185. The Balaban J connectivity index is 0.000000211. The van der Waals surface area contributed by atoms with E-state index in [1.807, 2.05) is 69.2 Å². The monoisotopic (exact) mass is 1740 g/mol. The molecule has 12 heterocycles. The van der Waals surface area contributed by atoms with Gasteiger partial charge in [-0.2, -0.15) is 0 Å². The minimum atomic E-state index is -2.86. The number of aliphatic hydroxyl groups is 3. The number of fused-ring (bicyclic) bond motifs is 5. The molecule has 12 saturated heterocycles. The molecule has 29 atom stereocenters. The van der Waals surface area contributed by atoms with E-state index < -0.39 is 199 Å². The molecule has 0 amide bonds. The fourth-order valence-electron chi connectivity index (χ4n) is 13.5. The molecule has 0 aliphatic carbocycles. The molecule has 12 aliphatic heterocycles. The summed E-state index contributed by atoms with van der Waals surface area (Å²) in [4.78, 5) is 65.3. The van der Waals surface area contributed by atoms with Gasteiger partial charge in [0.1, 0.15) is 67.9 Å². The zero-order valence-corrected chi connectivity index (χ0v) is 73.5. The largest absolute Gasteiger partial charge is 0.479 e. The van der Waals surface area contributed by atoms with Gasteiger partial charge in [0.05, 0.1) is 37.9 Å². The normalized spacial score (nSPS) is 38.4. The van der Waals surface area contributed by atoms with Crippen molar-refractivity contribution in [2.75, 3.05) is 58.9 Å². The number of aliphatic carboxylic acids is 1. The number of carbonyl (C=O) groups is 6. The number of ether oxygens (including phenoxy) is 25. The zero-order chi connectivity index (χ0) is 87.3. The van der Waals surface area contributed by atoms with E-state index in [-0.39, 0.29) is 73.8 Å². The van der Waals surface area contributed by atoms with Crippen molar-refractivity contribution in [1.82, 2.24) is 0 Å². The molecule has 10 unspecified atom stereocenters. The van der Waals surface area contributed by atoms with Gasteiger partial charge in [-0.05, 0) is 103 Å². The summed E-state index contributed by atoms with van der Waals surface area (Å²) in [6, 6.07) is 0. The van der Waals surface area contributed by atoms with Crippen LogP contribution in [0.1, 0.15) is 178 Å². The molecular weight excluding hydrogens is 1610 g/mol. The molecule has 44 heteroatoms. The molecular formula is C72H125O41P3. The van der Waals surface area contributed by atoms with E-state index in [4.69, 9.17) is 137 Å². The smallest absolute Gasteiger partial charge is 0.335 e. The van der Waals surface area contributed by atoms with Crippen molar-refractivity contribution >= 4 is 57.9 Å². The highest BCUT2D eigenvalue weighted by atomic mass is 31.2. The maximum absolute atomic E-state index is 11.9. The number of rotatable bonds is 23. The van der Waals surface area contributed by atoms with E-state index in [0.29, 0.717) is 26.2 Å². The Labute approximate surface area is 676 Å². The number of carboxylic acids is 1. The molecule has 674 valence electrons. The molecule has 0 radical (unpaired) electrons. The summed E-state index contributed by atoms with van der Waals surface area (Å²) in [6.45, 7) is 42.9. The van der Waals surface area contributed by atoms with E-state index >= 15 is 0 Å². The van der Waals surface area contributed by atoms with Crippen LogP contribution >= 0.6 is 22.1 Å². The minimum absolute atomic E-state index is 0.0133. The molecule has 4 N–H and O–H groups in total. The van der Waals surface area contributed by atoms with Crippen molar-refractivity contribution in [3.8, 4) is 0 Å². The third kappa shape index (κ3) is 30.5. The van der Waals surface area contributed by atoms with Crippen molar-refractivity contribution in [1.29, 1.82) is 0 Å². The van der Waals surface area contributed by atoms with Crippen LogP contribution in [0.3, 0.4) is 0 Å². The van der Waals surface area contributed by atoms with Crippen molar-refractivity contribution in [2.45, 2.75) is 355 Å². The quantitative estimate of drug-likeness (QED) is 0.0458. The van der Waals surface area contributed by atoms with Gasteiger partial charge in [0, 0.05) is 73.4 Å². The molecule has 116 heavy (non-hydrogen) atoms. The van der Waals surface area contributed by atoms with Gasteiger partial charge in [0.2, 0.25) is 41.0 Å². The molecule has 41 nitrogen and oxygen atoms in total. The molecule has 12 aliphatic rings. The van der Waals surface area contributed by atoms with E-state index in [2.05, 4.69) is 0 Å². The molecule has 12 fully saturated rings. The van der Waals surface area contributed by atoms with Crippen LogP contribution in [0.15, 0.2) is 0 Å². The number of carbonyl (C=O) groups excluding carboxylic acids is 5. The van der Waals surface area contributed by atoms with Gasteiger partial charge < -0.3 is 152 Å². The Hall–Kier alpha value is -3.53. The molecule has 0 spiro atoms. The van der Waals surface area contributed by atoms with E-state index in [1.165, 1.54) is 47.9 Å². The Kier molecular flexibility index (Phi) is 37.3. The van der Waals surface area contributed by atoms with Crippen molar-refractivity contribution in [2.24, 2.45) is 11.8 Å². The van der Waals surface area contributed by atoms with Crippen LogP contribution in [0.5, 0.6) is 0 Å². The summed E-state index contributed by atoms with van der Waals surface area (Å²) >= 11 is 0. The molecule has 0 aromatic heterocycles. The summed E-state index contributed by atoms with van der Waals surface area (Å²) in [5, 5.41) is 38.0. The van der Waals surface area contributed by atoms with Gasteiger partial charge in [-0.1, -0.05) is 27.7 Å². The van der Waals surface area contributed by atoms with Gasteiger partial charge >= 0.3 is 35.8 Å². The van der Waals surface area contributed by atoms with E-state index in [0.717, 1.165) is 12.8 Å². The average Bonchev–Trinajstić information content (AvgIpc) is 1.64. The van der Waals surface area contributed by atoms with Gasteiger partial charge in [0.15, 0.2) is 97.6 Å².